The van der Waals surface area contributed by atoms with Gasteiger partial charge >= 0.3 is 0 Å². The van der Waals surface area contributed by atoms with Crippen molar-refractivity contribution < 1.29 is 14.5 Å². The van der Waals surface area contributed by atoms with Gasteiger partial charge in [0.25, 0.3) is 11.6 Å². The lowest BCUT2D eigenvalue weighted by atomic mass is 10.0. The molecule has 0 radical (unpaired) electrons. The van der Waals surface area contributed by atoms with E-state index in [0.29, 0.717) is 37.4 Å². The smallest absolute Gasteiger partial charge is 0.293 e. The largest absolute Gasteiger partial charge is 0.362 e. The zero-order valence-corrected chi connectivity index (χ0v) is 19.5. The Bertz CT molecular complexity index is 870. The average molecular weight is 458 g/mol. The van der Waals surface area contributed by atoms with Crippen LogP contribution >= 0.6 is 0 Å². The summed E-state index contributed by atoms with van der Waals surface area (Å²) in [5.41, 5.74) is 0.756. The second-order valence-corrected chi connectivity index (χ2v) is 9.65. The van der Waals surface area contributed by atoms with Crippen LogP contribution in [0.2, 0.25) is 0 Å². The highest BCUT2D eigenvalue weighted by molar-refractivity contribution is 5.96. The van der Waals surface area contributed by atoms with Crippen molar-refractivity contribution in [3.05, 3.63) is 33.9 Å². The molecule has 0 spiro atoms. The van der Waals surface area contributed by atoms with Gasteiger partial charge in [-0.25, -0.2) is 0 Å². The summed E-state index contributed by atoms with van der Waals surface area (Å²) < 4.78 is 0. The van der Waals surface area contributed by atoms with E-state index in [1.54, 1.807) is 17.0 Å². The van der Waals surface area contributed by atoms with Crippen LogP contribution in [0.1, 0.15) is 55.8 Å². The fraction of sp³-hybridized carbons (Fsp3) is 0.667. The third-order valence-corrected chi connectivity index (χ3v) is 7.41. The Labute approximate surface area is 195 Å². The number of likely N-dealkylation sites (tertiary alicyclic amines) is 1. The number of nitro benzene ring substituents is 1. The number of carbonyl (C=O) groups excluding carboxylic acids is 2. The van der Waals surface area contributed by atoms with Crippen molar-refractivity contribution >= 4 is 23.2 Å². The SMILES string of the molecule is CC(=O)N1CCN(c2ccc(C(=O)NC3CCN(CC4CCCC4)CC3)cc2[N+](=O)[O-])CC1. The van der Waals surface area contributed by atoms with E-state index in [1.165, 1.54) is 45.2 Å². The Kier molecular flexibility index (Phi) is 7.47. The van der Waals surface area contributed by atoms with Crippen LogP contribution in [-0.2, 0) is 4.79 Å². The predicted molar refractivity (Wildman–Crippen MR) is 126 cm³/mol. The highest BCUT2D eigenvalue weighted by atomic mass is 16.6. The van der Waals surface area contributed by atoms with Crippen molar-refractivity contribution in [2.75, 3.05) is 50.7 Å². The molecule has 1 aliphatic carbocycles. The molecule has 1 N–H and O–H groups in total. The summed E-state index contributed by atoms with van der Waals surface area (Å²) >= 11 is 0. The van der Waals surface area contributed by atoms with Gasteiger partial charge in [0.15, 0.2) is 0 Å². The van der Waals surface area contributed by atoms with E-state index in [2.05, 4.69) is 10.2 Å². The first-order valence-corrected chi connectivity index (χ1v) is 12.2. The average Bonchev–Trinajstić information content (AvgIpc) is 3.33. The molecule has 9 heteroatoms. The molecule has 0 unspecified atom stereocenters. The maximum Gasteiger partial charge on any atom is 0.293 e. The number of hydrogen-bond acceptors (Lipinski definition) is 6. The summed E-state index contributed by atoms with van der Waals surface area (Å²) in [6.07, 6.45) is 7.24. The van der Waals surface area contributed by atoms with E-state index in [4.69, 9.17) is 0 Å². The number of nitro groups is 1. The van der Waals surface area contributed by atoms with E-state index in [9.17, 15) is 19.7 Å². The standard InChI is InChI=1S/C24H35N5O4/c1-18(30)27-12-14-28(15-13-27)22-7-6-20(16-23(22)29(32)33)24(31)25-21-8-10-26(11-9-21)17-19-4-2-3-5-19/h6-7,16,19,21H,2-5,8-15,17H2,1H3,(H,25,31). The van der Waals surface area contributed by atoms with Crippen LogP contribution < -0.4 is 10.2 Å². The molecule has 3 aliphatic rings. The fourth-order valence-electron chi connectivity index (χ4n) is 5.43. The zero-order valence-electron chi connectivity index (χ0n) is 19.5. The maximum absolute atomic E-state index is 12.8. The van der Waals surface area contributed by atoms with Gasteiger partial charge in [0.05, 0.1) is 4.92 Å². The molecule has 2 saturated heterocycles. The van der Waals surface area contributed by atoms with Crippen LogP contribution in [-0.4, -0.2) is 78.4 Å². The number of anilines is 1. The summed E-state index contributed by atoms with van der Waals surface area (Å²) in [7, 11) is 0. The van der Waals surface area contributed by atoms with Crippen LogP contribution in [0, 0.1) is 16.0 Å². The van der Waals surface area contributed by atoms with Crippen LogP contribution in [0.5, 0.6) is 0 Å². The normalized spacial score (nSPS) is 20.8. The van der Waals surface area contributed by atoms with Gasteiger partial charge in [-0.3, -0.25) is 19.7 Å². The first-order valence-electron chi connectivity index (χ1n) is 12.2. The number of carbonyl (C=O) groups is 2. The van der Waals surface area contributed by atoms with Crippen molar-refractivity contribution in [3.63, 3.8) is 0 Å². The fourth-order valence-corrected chi connectivity index (χ4v) is 5.43. The molecule has 2 heterocycles. The number of amides is 2. The van der Waals surface area contributed by atoms with E-state index in [-0.39, 0.29) is 23.5 Å². The summed E-state index contributed by atoms with van der Waals surface area (Å²) in [6, 6.07) is 4.83. The van der Waals surface area contributed by atoms with Crippen LogP contribution in [0.3, 0.4) is 0 Å². The molecule has 180 valence electrons. The first kappa shape index (κ1) is 23.5. The molecular weight excluding hydrogens is 422 g/mol. The van der Waals surface area contributed by atoms with Gasteiger partial charge in [0, 0.05) is 70.4 Å². The number of piperidine rings is 1. The minimum Gasteiger partial charge on any atom is -0.362 e. The maximum atomic E-state index is 12.8. The first-order chi connectivity index (χ1) is 15.9. The van der Waals surface area contributed by atoms with Crippen molar-refractivity contribution in [2.24, 2.45) is 5.92 Å². The summed E-state index contributed by atoms with van der Waals surface area (Å²) in [5.74, 6) is 0.599. The third-order valence-electron chi connectivity index (χ3n) is 7.41. The number of hydrogen-bond donors (Lipinski definition) is 1. The topological polar surface area (TPSA) is 99.0 Å². The molecule has 0 atom stereocenters. The number of piperazine rings is 1. The highest BCUT2D eigenvalue weighted by Crippen LogP contribution is 2.30. The summed E-state index contributed by atoms with van der Waals surface area (Å²) in [6.45, 7) is 6.83. The van der Waals surface area contributed by atoms with E-state index >= 15 is 0 Å². The Balaban J connectivity index is 1.34. The van der Waals surface area contributed by atoms with Crippen LogP contribution in [0.25, 0.3) is 0 Å². The Morgan fingerprint density at radius 1 is 1.03 bits per heavy atom. The molecule has 0 bridgehead atoms. The summed E-state index contributed by atoms with van der Waals surface area (Å²) in [5, 5.41) is 14.8. The quantitative estimate of drug-likeness (QED) is 0.521. The molecule has 4 rings (SSSR count). The molecule has 0 aromatic heterocycles. The minimum atomic E-state index is -0.426. The number of nitrogens with zero attached hydrogens (tertiary/aromatic N) is 4. The third kappa shape index (κ3) is 5.82. The Hall–Kier alpha value is -2.68. The number of benzene rings is 1. The molecule has 33 heavy (non-hydrogen) atoms. The van der Waals surface area contributed by atoms with Gasteiger partial charge in [-0.05, 0) is 43.7 Å². The monoisotopic (exact) mass is 457 g/mol. The Morgan fingerprint density at radius 3 is 2.30 bits per heavy atom. The molecule has 9 nitrogen and oxygen atoms in total. The van der Waals surface area contributed by atoms with Crippen molar-refractivity contribution in [1.29, 1.82) is 0 Å². The van der Waals surface area contributed by atoms with Gasteiger partial charge in [0.1, 0.15) is 5.69 Å². The van der Waals surface area contributed by atoms with E-state index < -0.39 is 4.92 Å². The number of rotatable bonds is 6. The van der Waals surface area contributed by atoms with Crippen molar-refractivity contribution in [1.82, 2.24) is 15.1 Å². The van der Waals surface area contributed by atoms with Gasteiger partial charge in [-0.2, -0.15) is 0 Å². The highest BCUT2D eigenvalue weighted by Gasteiger charge is 2.28. The van der Waals surface area contributed by atoms with Gasteiger partial charge in [0.2, 0.25) is 5.91 Å². The van der Waals surface area contributed by atoms with Crippen molar-refractivity contribution in [3.8, 4) is 0 Å². The lowest BCUT2D eigenvalue weighted by molar-refractivity contribution is -0.384. The summed E-state index contributed by atoms with van der Waals surface area (Å²) in [4.78, 5) is 41.9. The van der Waals surface area contributed by atoms with Gasteiger partial charge in [-0.15, -0.1) is 0 Å². The molecule has 3 fully saturated rings. The lowest BCUT2D eigenvalue weighted by Gasteiger charge is -2.35. The number of nitrogens with one attached hydrogen (secondary N) is 1. The molecule has 1 aromatic carbocycles. The van der Waals surface area contributed by atoms with Crippen molar-refractivity contribution in [2.45, 2.75) is 51.5 Å². The molecular formula is C24H35N5O4. The lowest BCUT2D eigenvalue weighted by Crippen LogP contribution is -2.48. The van der Waals surface area contributed by atoms with E-state index in [1.807, 2.05) is 4.90 Å². The molecule has 2 amide bonds. The van der Waals surface area contributed by atoms with Gasteiger partial charge in [-0.1, -0.05) is 12.8 Å². The second kappa shape index (κ2) is 10.5. The van der Waals surface area contributed by atoms with Gasteiger partial charge < -0.3 is 20.0 Å². The molecule has 1 aromatic rings. The zero-order chi connectivity index (χ0) is 23.4. The van der Waals surface area contributed by atoms with E-state index in [0.717, 1.165) is 31.8 Å². The van der Waals surface area contributed by atoms with Crippen LogP contribution in [0.4, 0.5) is 11.4 Å². The molecule has 1 saturated carbocycles. The molecule has 2 aliphatic heterocycles. The minimum absolute atomic E-state index is 0.0144. The Morgan fingerprint density at radius 2 is 1.70 bits per heavy atom. The van der Waals surface area contributed by atoms with Crippen LogP contribution in [0.15, 0.2) is 18.2 Å². The predicted octanol–water partition coefficient (Wildman–Crippen LogP) is 2.65. The second-order valence-electron chi connectivity index (χ2n) is 9.65.